The van der Waals surface area contributed by atoms with Crippen LogP contribution in [0.2, 0.25) is 0 Å². The predicted octanol–water partition coefficient (Wildman–Crippen LogP) is -0.110. The number of aliphatic hydroxyl groups is 2. The molecule has 0 spiro atoms. The first-order valence-corrected chi connectivity index (χ1v) is 4.05. The fourth-order valence-electron chi connectivity index (χ4n) is 1.14. The van der Waals surface area contributed by atoms with E-state index < -0.39 is 12.2 Å². The fourth-order valence-corrected chi connectivity index (χ4v) is 1.14. The number of nitrogens with zero attached hydrogens (tertiary/aromatic N) is 2. The highest BCUT2D eigenvalue weighted by Gasteiger charge is 2.19. The van der Waals surface area contributed by atoms with Crippen LogP contribution in [0, 0.1) is 18.3 Å². The van der Waals surface area contributed by atoms with E-state index in [1.165, 1.54) is 6.07 Å². The molecule has 0 fully saturated rings. The summed E-state index contributed by atoms with van der Waals surface area (Å²) < 4.78 is 0. The maximum atomic E-state index is 9.51. The zero-order chi connectivity index (χ0) is 10.7. The number of rotatable bonds is 2. The van der Waals surface area contributed by atoms with Crippen molar-refractivity contribution in [3.8, 4) is 6.07 Å². The van der Waals surface area contributed by atoms with Crippen molar-refractivity contribution in [3.05, 3.63) is 23.4 Å². The number of aliphatic hydroxyl groups excluding tert-OH is 2. The van der Waals surface area contributed by atoms with Gasteiger partial charge in [-0.15, -0.1) is 0 Å². The minimum Gasteiger partial charge on any atom is -0.384 e. The molecule has 2 atom stereocenters. The molecule has 0 aliphatic rings. The van der Waals surface area contributed by atoms with Crippen LogP contribution >= 0.6 is 0 Å². The smallest absolute Gasteiger partial charge is 0.170 e. The van der Waals surface area contributed by atoms with Crippen molar-refractivity contribution in [1.29, 1.82) is 5.26 Å². The summed E-state index contributed by atoms with van der Waals surface area (Å²) in [6, 6.07) is 4.61. The maximum absolute atomic E-state index is 9.51. The molecule has 14 heavy (non-hydrogen) atoms. The van der Waals surface area contributed by atoms with Crippen LogP contribution in [0.1, 0.15) is 17.4 Å². The van der Waals surface area contributed by atoms with E-state index in [0.717, 1.165) is 0 Å². The van der Waals surface area contributed by atoms with Gasteiger partial charge >= 0.3 is 0 Å². The summed E-state index contributed by atoms with van der Waals surface area (Å²) in [6.45, 7) is 1.65. The molecule has 0 aromatic carbocycles. The number of aryl methyl sites for hydroxylation is 1. The second kappa shape index (κ2) is 4.05. The van der Waals surface area contributed by atoms with Crippen LogP contribution in [0.15, 0.2) is 12.1 Å². The van der Waals surface area contributed by atoms with E-state index in [1.807, 2.05) is 0 Å². The Morgan fingerprint density at radius 3 is 2.64 bits per heavy atom. The lowest BCUT2D eigenvalue weighted by atomic mass is 10.0. The van der Waals surface area contributed by atoms with Gasteiger partial charge in [0.05, 0.1) is 6.07 Å². The van der Waals surface area contributed by atoms with Crippen molar-refractivity contribution < 1.29 is 10.2 Å². The predicted molar refractivity (Wildman–Crippen MR) is 50.0 cm³/mol. The van der Waals surface area contributed by atoms with Gasteiger partial charge < -0.3 is 15.9 Å². The van der Waals surface area contributed by atoms with Crippen LogP contribution < -0.4 is 5.73 Å². The molecule has 0 saturated carbocycles. The van der Waals surface area contributed by atoms with E-state index in [0.29, 0.717) is 17.1 Å². The first-order chi connectivity index (χ1) is 6.56. The van der Waals surface area contributed by atoms with E-state index in [2.05, 4.69) is 4.98 Å². The van der Waals surface area contributed by atoms with Gasteiger partial charge in [0.25, 0.3) is 0 Å². The van der Waals surface area contributed by atoms with E-state index in [-0.39, 0.29) is 0 Å². The van der Waals surface area contributed by atoms with Gasteiger partial charge in [-0.1, -0.05) is 6.07 Å². The number of aromatic nitrogens is 1. The van der Waals surface area contributed by atoms with Crippen LogP contribution in [0.3, 0.4) is 0 Å². The molecule has 74 valence electrons. The Morgan fingerprint density at radius 1 is 1.50 bits per heavy atom. The molecule has 1 aromatic rings. The van der Waals surface area contributed by atoms with Gasteiger partial charge in [0.2, 0.25) is 0 Å². The first kappa shape index (κ1) is 10.4. The van der Waals surface area contributed by atoms with E-state index >= 15 is 0 Å². The molecular weight excluding hydrogens is 182 g/mol. The van der Waals surface area contributed by atoms with E-state index in [9.17, 15) is 5.11 Å². The fraction of sp³-hybridized carbons (Fsp3) is 0.333. The van der Waals surface area contributed by atoms with Crippen molar-refractivity contribution in [1.82, 2.24) is 4.98 Å². The van der Waals surface area contributed by atoms with Crippen molar-refractivity contribution in [3.63, 3.8) is 0 Å². The second-order valence-electron chi connectivity index (χ2n) is 2.93. The van der Waals surface area contributed by atoms with Crippen LogP contribution in [0.25, 0.3) is 0 Å². The van der Waals surface area contributed by atoms with E-state index in [1.54, 1.807) is 19.1 Å². The van der Waals surface area contributed by atoms with Gasteiger partial charge in [0.1, 0.15) is 11.9 Å². The standard InChI is InChI=1S/C9H11N3O2/c1-5-6(2-3-8(11)12-5)9(14)7(13)4-10/h2-3,7,9,13-14H,1H3,(H2,11,12). The molecule has 2 unspecified atom stereocenters. The minimum atomic E-state index is -1.45. The number of hydrogen-bond acceptors (Lipinski definition) is 5. The SMILES string of the molecule is Cc1nc(N)ccc1C(O)C(O)C#N. The minimum absolute atomic E-state index is 0.338. The third kappa shape index (κ3) is 1.99. The monoisotopic (exact) mass is 193 g/mol. The lowest BCUT2D eigenvalue weighted by Gasteiger charge is -2.13. The molecule has 4 N–H and O–H groups in total. The quantitative estimate of drug-likeness (QED) is 0.568. The van der Waals surface area contributed by atoms with Gasteiger partial charge in [-0.05, 0) is 13.0 Å². The van der Waals surface area contributed by atoms with Crippen LogP contribution in [0.4, 0.5) is 5.82 Å². The largest absolute Gasteiger partial charge is 0.384 e. The number of nitrogens with two attached hydrogens (primary N) is 1. The summed E-state index contributed by atoms with van der Waals surface area (Å²) in [4.78, 5) is 3.91. The van der Waals surface area contributed by atoms with Crippen molar-refractivity contribution in [2.75, 3.05) is 5.73 Å². The van der Waals surface area contributed by atoms with Gasteiger partial charge in [-0.3, -0.25) is 0 Å². The molecule has 0 radical (unpaired) electrons. The average molecular weight is 193 g/mol. The number of nitrogen functional groups attached to an aromatic ring is 1. The van der Waals surface area contributed by atoms with Gasteiger partial charge in [0.15, 0.2) is 6.10 Å². The van der Waals surface area contributed by atoms with Crippen molar-refractivity contribution in [2.45, 2.75) is 19.1 Å². The summed E-state index contributed by atoms with van der Waals surface area (Å²) in [5.74, 6) is 0.338. The summed E-state index contributed by atoms with van der Waals surface area (Å²) >= 11 is 0. The lowest BCUT2D eigenvalue weighted by molar-refractivity contribution is 0.0521. The second-order valence-corrected chi connectivity index (χ2v) is 2.93. The highest BCUT2D eigenvalue weighted by Crippen LogP contribution is 2.20. The molecule has 0 aliphatic carbocycles. The Bertz CT molecular complexity index is 373. The van der Waals surface area contributed by atoms with Crippen LogP contribution in [-0.2, 0) is 0 Å². The first-order valence-electron chi connectivity index (χ1n) is 4.05. The number of nitriles is 1. The Labute approximate surface area is 81.4 Å². The maximum Gasteiger partial charge on any atom is 0.170 e. The Morgan fingerprint density at radius 2 is 2.14 bits per heavy atom. The summed E-state index contributed by atoms with van der Waals surface area (Å²) in [5, 5.41) is 27.0. The molecule has 0 bridgehead atoms. The number of hydrogen-bond donors (Lipinski definition) is 3. The molecule has 0 amide bonds. The van der Waals surface area contributed by atoms with Crippen molar-refractivity contribution in [2.24, 2.45) is 0 Å². The molecule has 1 rings (SSSR count). The summed E-state index contributed by atoms with van der Waals surface area (Å²) in [7, 11) is 0. The molecule has 1 aromatic heterocycles. The molecule has 5 nitrogen and oxygen atoms in total. The zero-order valence-electron chi connectivity index (χ0n) is 7.68. The third-order valence-electron chi connectivity index (χ3n) is 1.90. The van der Waals surface area contributed by atoms with Crippen molar-refractivity contribution >= 4 is 5.82 Å². The molecule has 5 heteroatoms. The van der Waals surface area contributed by atoms with Crippen LogP contribution in [-0.4, -0.2) is 21.3 Å². The lowest BCUT2D eigenvalue weighted by Crippen LogP contribution is -2.17. The summed E-state index contributed by atoms with van der Waals surface area (Å²) in [6.07, 6.45) is -2.69. The normalized spacial score (nSPS) is 14.4. The topological polar surface area (TPSA) is 103 Å². The Kier molecular flexibility index (Phi) is 3.02. The van der Waals surface area contributed by atoms with Gasteiger partial charge in [0, 0.05) is 11.3 Å². The zero-order valence-corrected chi connectivity index (χ0v) is 7.68. The summed E-state index contributed by atoms with van der Waals surface area (Å²) in [5.41, 5.74) is 6.33. The Hall–Kier alpha value is -1.64. The molecule has 0 aliphatic heterocycles. The van der Waals surface area contributed by atoms with Gasteiger partial charge in [-0.2, -0.15) is 5.26 Å². The third-order valence-corrected chi connectivity index (χ3v) is 1.90. The van der Waals surface area contributed by atoms with Gasteiger partial charge in [-0.25, -0.2) is 4.98 Å². The molecule has 0 saturated heterocycles. The number of pyridine rings is 1. The highest BCUT2D eigenvalue weighted by atomic mass is 16.3. The number of anilines is 1. The molecular formula is C9H11N3O2. The Balaban J connectivity index is 3.03. The van der Waals surface area contributed by atoms with E-state index in [4.69, 9.17) is 16.1 Å². The highest BCUT2D eigenvalue weighted by molar-refractivity contribution is 5.35. The average Bonchev–Trinajstić information content (AvgIpc) is 2.15. The van der Waals surface area contributed by atoms with Crippen LogP contribution in [0.5, 0.6) is 0 Å². The molecule has 1 heterocycles.